The lowest BCUT2D eigenvalue weighted by Crippen LogP contribution is -2.54. The van der Waals surface area contributed by atoms with Crippen molar-refractivity contribution >= 4 is 11.8 Å². The molecule has 0 aromatic rings. The highest BCUT2D eigenvalue weighted by Crippen LogP contribution is 2.32. The second-order valence-electron chi connectivity index (χ2n) is 5.09. The molecule has 0 aromatic carbocycles. The van der Waals surface area contributed by atoms with Crippen LogP contribution >= 0.6 is 0 Å². The van der Waals surface area contributed by atoms with E-state index in [0.717, 1.165) is 0 Å². The van der Waals surface area contributed by atoms with Gasteiger partial charge >= 0.3 is 0 Å². The van der Waals surface area contributed by atoms with Crippen LogP contribution in [0.4, 0.5) is 0 Å². The van der Waals surface area contributed by atoms with Crippen LogP contribution in [-0.2, 0) is 14.3 Å². The number of hydrogen-bond acceptors (Lipinski definition) is 4. The highest BCUT2D eigenvalue weighted by atomic mass is 16.5. The Bertz CT molecular complexity index is 312. The Labute approximate surface area is 108 Å². The van der Waals surface area contributed by atoms with E-state index < -0.39 is 11.3 Å². The molecule has 1 heterocycles. The van der Waals surface area contributed by atoms with E-state index in [1.807, 2.05) is 13.8 Å². The minimum atomic E-state index is -0.599. The van der Waals surface area contributed by atoms with Gasteiger partial charge in [-0.3, -0.25) is 9.59 Å². The molecule has 6 heteroatoms. The van der Waals surface area contributed by atoms with E-state index in [0.29, 0.717) is 26.1 Å². The molecule has 4 N–H and O–H groups in total. The molecule has 104 valence electrons. The summed E-state index contributed by atoms with van der Waals surface area (Å²) in [5.74, 6) is -0.585. The van der Waals surface area contributed by atoms with Gasteiger partial charge < -0.3 is 21.1 Å². The third kappa shape index (κ3) is 3.20. The lowest BCUT2D eigenvalue weighted by atomic mass is 9.78. The minimum Gasteiger partial charge on any atom is -0.381 e. The van der Waals surface area contributed by atoms with E-state index in [-0.39, 0.29) is 25.0 Å². The summed E-state index contributed by atoms with van der Waals surface area (Å²) in [4.78, 5) is 25.2. The molecular weight excluding hydrogens is 234 g/mol. The molecule has 0 aliphatic carbocycles. The van der Waals surface area contributed by atoms with E-state index in [1.54, 1.807) is 0 Å². The zero-order valence-electron chi connectivity index (χ0n) is 11.1. The zero-order valence-corrected chi connectivity index (χ0v) is 11.1. The maximum atomic E-state index is 12.6. The fourth-order valence-electron chi connectivity index (χ4n) is 2.23. The van der Waals surface area contributed by atoms with Crippen molar-refractivity contribution in [2.75, 3.05) is 26.3 Å². The van der Waals surface area contributed by atoms with Crippen LogP contribution in [0.25, 0.3) is 0 Å². The molecule has 1 aliphatic heterocycles. The second-order valence-corrected chi connectivity index (χ2v) is 5.09. The summed E-state index contributed by atoms with van der Waals surface area (Å²) in [5, 5.41) is 0. The van der Waals surface area contributed by atoms with Crippen molar-refractivity contribution < 1.29 is 14.3 Å². The summed E-state index contributed by atoms with van der Waals surface area (Å²) in [6, 6.07) is -0.0729. The van der Waals surface area contributed by atoms with Gasteiger partial charge in [-0.1, -0.05) is 0 Å². The number of carbonyl (C=O) groups excluding carboxylic acids is 2. The zero-order chi connectivity index (χ0) is 13.8. The molecule has 0 aromatic heterocycles. The normalized spacial score (nSPS) is 18.7. The molecule has 1 fully saturated rings. The van der Waals surface area contributed by atoms with Gasteiger partial charge in [0.1, 0.15) is 0 Å². The Kier molecular flexibility index (Phi) is 5.10. The maximum absolute atomic E-state index is 12.6. The number of ether oxygens (including phenoxy) is 1. The molecule has 0 spiro atoms. The fraction of sp³-hybridized carbons (Fsp3) is 0.833. The van der Waals surface area contributed by atoms with E-state index in [2.05, 4.69) is 0 Å². The van der Waals surface area contributed by atoms with E-state index in [4.69, 9.17) is 16.2 Å². The van der Waals surface area contributed by atoms with Gasteiger partial charge in [0.05, 0.1) is 12.0 Å². The number of primary amides is 1. The number of nitrogens with two attached hydrogens (primary N) is 2. The first-order valence-corrected chi connectivity index (χ1v) is 6.30. The third-order valence-electron chi connectivity index (χ3n) is 3.50. The molecule has 0 bridgehead atoms. The van der Waals surface area contributed by atoms with Gasteiger partial charge in [0, 0.05) is 25.8 Å². The Morgan fingerprint density at radius 3 is 2.28 bits per heavy atom. The van der Waals surface area contributed by atoms with E-state index in [9.17, 15) is 9.59 Å². The van der Waals surface area contributed by atoms with Gasteiger partial charge in [0.15, 0.2) is 0 Å². The maximum Gasteiger partial charge on any atom is 0.237 e. The number of amides is 2. The van der Waals surface area contributed by atoms with Gasteiger partial charge in [-0.25, -0.2) is 0 Å². The first-order chi connectivity index (χ1) is 8.43. The summed E-state index contributed by atoms with van der Waals surface area (Å²) >= 11 is 0. The Morgan fingerprint density at radius 2 is 1.89 bits per heavy atom. The van der Waals surface area contributed by atoms with Crippen LogP contribution in [0.2, 0.25) is 0 Å². The molecule has 1 rings (SSSR count). The van der Waals surface area contributed by atoms with E-state index in [1.165, 1.54) is 4.90 Å². The topological polar surface area (TPSA) is 98.7 Å². The van der Waals surface area contributed by atoms with Gasteiger partial charge in [0.25, 0.3) is 0 Å². The molecule has 0 atom stereocenters. The molecular formula is C12H23N3O3. The summed E-state index contributed by atoms with van der Waals surface area (Å²) in [6.45, 7) is 5.02. The Morgan fingerprint density at radius 1 is 1.33 bits per heavy atom. The van der Waals surface area contributed by atoms with Crippen LogP contribution in [0, 0.1) is 5.41 Å². The van der Waals surface area contributed by atoms with Crippen molar-refractivity contribution in [3.05, 3.63) is 0 Å². The Balaban J connectivity index is 2.88. The van der Waals surface area contributed by atoms with E-state index >= 15 is 0 Å². The fourth-order valence-corrected chi connectivity index (χ4v) is 2.23. The Hall–Kier alpha value is -1.14. The highest BCUT2D eigenvalue weighted by molar-refractivity contribution is 5.88. The number of nitrogens with zero attached hydrogens (tertiary/aromatic N) is 1. The lowest BCUT2D eigenvalue weighted by Gasteiger charge is -2.40. The van der Waals surface area contributed by atoms with Crippen molar-refractivity contribution in [1.82, 2.24) is 4.90 Å². The molecule has 2 amide bonds. The number of carbonyl (C=O) groups is 2. The lowest BCUT2D eigenvalue weighted by molar-refractivity contribution is -0.151. The molecule has 0 radical (unpaired) electrons. The third-order valence-corrected chi connectivity index (χ3v) is 3.50. The SMILES string of the molecule is CC(C)N(CC(N)=O)C(=O)C1(CN)CCOCC1. The van der Waals surface area contributed by atoms with Crippen LogP contribution in [0.15, 0.2) is 0 Å². The van der Waals surface area contributed by atoms with Crippen LogP contribution in [0.3, 0.4) is 0 Å². The van der Waals surface area contributed by atoms with Crippen molar-refractivity contribution in [1.29, 1.82) is 0 Å². The van der Waals surface area contributed by atoms with Gasteiger partial charge in [-0.2, -0.15) is 0 Å². The minimum absolute atomic E-state index is 0.0564. The van der Waals surface area contributed by atoms with Crippen molar-refractivity contribution in [3.63, 3.8) is 0 Å². The average molecular weight is 257 g/mol. The van der Waals surface area contributed by atoms with Crippen LogP contribution in [-0.4, -0.2) is 49.1 Å². The highest BCUT2D eigenvalue weighted by Gasteiger charge is 2.42. The molecule has 6 nitrogen and oxygen atoms in total. The van der Waals surface area contributed by atoms with Crippen molar-refractivity contribution in [2.24, 2.45) is 16.9 Å². The molecule has 0 saturated carbocycles. The number of hydrogen-bond donors (Lipinski definition) is 2. The monoisotopic (exact) mass is 257 g/mol. The molecule has 1 aliphatic rings. The first-order valence-electron chi connectivity index (χ1n) is 6.30. The average Bonchev–Trinajstić information content (AvgIpc) is 2.35. The van der Waals surface area contributed by atoms with Crippen molar-refractivity contribution in [2.45, 2.75) is 32.7 Å². The molecule has 1 saturated heterocycles. The number of rotatable bonds is 5. The summed E-state index contributed by atoms with van der Waals surface area (Å²) in [5.41, 5.74) is 10.4. The van der Waals surface area contributed by atoms with Gasteiger partial charge in [-0.05, 0) is 26.7 Å². The second kappa shape index (κ2) is 6.15. The molecule has 18 heavy (non-hydrogen) atoms. The van der Waals surface area contributed by atoms with Gasteiger partial charge in [-0.15, -0.1) is 0 Å². The van der Waals surface area contributed by atoms with Crippen molar-refractivity contribution in [3.8, 4) is 0 Å². The van der Waals surface area contributed by atoms with Gasteiger partial charge in [0.2, 0.25) is 11.8 Å². The first kappa shape index (κ1) is 14.9. The largest absolute Gasteiger partial charge is 0.381 e. The molecule has 0 unspecified atom stereocenters. The summed E-state index contributed by atoms with van der Waals surface area (Å²) < 4.78 is 5.28. The van der Waals surface area contributed by atoms with Crippen LogP contribution < -0.4 is 11.5 Å². The van der Waals surface area contributed by atoms with Crippen LogP contribution in [0.5, 0.6) is 0 Å². The smallest absolute Gasteiger partial charge is 0.237 e. The van der Waals surface area contributed by atoms with Crippen LogP contribution in [0.1, 0.15) is 26.7 Å². The predicted molar refractivity (Wildman–Crippen MR) is 67.6 cm³/mol. The predicted octanol–water partition coefficient (Wildman–Crippen LogP) is -0.536. The standard InChI is InChI=1S/C12H23N3O3/c1-9(2)15(7-10(14)16)11(17)12(8-13)3-5-18-6-4-12/h9H,3-8,13H2,1-2H3,(H2,14,16). The quantitative estimate of drug-likeness (QED) is 0.691. The summed E-state index contributed by atoms with van der Waals surface area (Å²) in [6.07, 6.45) is 1.20. The summed E-state index contributed by atoms with van der Waals surface area (Å²) in [7, 11) is 0.